The van der Waals surface area contributed by atoms with Gasteiger partial charge in [0.1, 0.15) is 31.4 Å². The molecule has 0 bridgehead atoms. The van der Waals surface area contributed by atoms with E-state index in [9.17, 15) is 0 Å². The van der Waals surface area contributed by atoms with E-state index < -0.39 is 0 Å². The summed E-state index contributed by atoms with van der Waals surface area (Å²) in [5.74, 6) is 2.17. The van der Waals surface area contributed by atoms with Gasteiger partial charge in [-0.05, 0) is 61.4 Å². The minimum absolute atomic E-state index is 0.993. The second-order valence-electron chi connectivity index (χ2n) is 10.8. The van der Waals surface area contributed by atoms with Crippen molar-refractivity contribution in [3.63, 3.8) is 0 Å². The van der Waals surface area contributed by atoms with Crippen LogP contribution < -0.4 is 0 Å². The highest BCUT2D eigenvalue weighted by Crippen LogP contribution is 2.44. The van der Waals surface area contributed by atoms with Gasteiger partial charge in [-0.25, -0.2) is 0 Å². The number of allylic oxidation sites excluding steroid dienone is 7. The summed E-state index contributed by atoms with van der Waals surface area (Å²) in [6.07, 6.45) is 12.3. The van der Waals surface area contributed by atoms with Crippen LogP contribution in [0.15, 0.2) is 150 Å². The van der Waals surface area contributed by atoms with Crippen LogP contribution in [0.3, 0.4) is 0 Å². The van der Waals surface area contributed by atoms with E-state index in [-0.39, 0.29) is 0 Å². The molecule has 5 aromatic carbocycles. The summed E-state index contributed by atoms with van der Waals surface area (Å²) in [5, 5.41) is 5.07. The van der Waals surface area contributed by atoms with Crippen molar-refractivity contribution in [3.8, 4) is 11.1 Å². The number of rotatable bonds is 8. The molecule has 0 aliphatic heterocycles. The molecular weight excluding hydrogens is 500 g/mol. The Hall–Kier alpha value is -4.42. The standard InChI is InChI=1S/C38H36B4/c1-2-3-5-18-29(27-16-8-9-17-28(27)34(40)23-24-35(41)36(42)25-39)38-32-21-12-10-19-30(32)37(26-14-6-4-7-15-26)31-20-11-13-22-33(31)38/h3-25H,2,39-42H2,1H3/b5-3+,29-18+,34-23+,35-24-,36-25-. The SMILES string of the molecule is B/C=C(B)/C(B)=C/C=C(/B)c1ccccc1/C(=C\C=C\CC)c1c2ccccc2c(-c2ccccc2)c2ccccc12. The molecule has 0 heterocycles. The van der Waals surface area contributed by atoms with Crippen LogP contribution in [0.1, 0.15) is 30.0 Å². The lowest BCUT2D eigenvalue weighted by molar-refractivity contribution is 1.22. The van der Waals surface area contributed by atoms with Crippen LogP contribution in [-0.2, 0) is 0 Å². The monoisotopic (exact) mass is 536 g/mol. The zero-order valence-corrected chi connectivity index (χ0v) is 25.5. The molecule has 0 fully saturated rings. The van der Waals surface area contributed by atoms with Gasteiger partial charge in [-0.1, -0.05) is 151 Å². The van der Waals surface area contributed by atoms with Crippen LogP contribution in [0, 0.1) is 0 Å². The zero-order valence-electron chi connectivity index (χ0n) is 25.5. The van der Waals surface area contributed by atoms with Gasteiger partial charge in [0.15, 0.2) is 0 Å². The Morgan fingerprint density at radius 2 is 1.14 bits per heavy atom. The van der Waals surface area contributed by atoms with Gasteiger partial charge in [0, 0.05) is 0 Å². The van der Waals surface area contributed by atoms with Crippen LogP contribution in [0.25, 0.3) is 43.7 Å². The number of benzene rings is 5. The van der Waals surface area contributed by atoms with Gasteiger partial charge in [0.05, 0.1) is 0 Å². The Morgan fingerprint density at radius 3 is 1.74 bits per heavy atom. The Morgan fingerprint density at radius 1 is 0.595 bits per heavy atom. The molecule has 0 spiro atoms. The van der Waals surface area contributed by atoms with Crippen molar-refractivity contribution < 1.29 is 0 Å². The van der Waals surface area contributed by atoms with Crippen molar-refractivity contribution in [2.24, 2.45) is 0 Å². The van der Waals surface area contributed by atoms with E-state index in [1.54, 1.807) is 0 Å². The fourth-order valence-electron chi connectivity index (χ4n) is 5.70. The average Bonchev–Trinajstić information content (AvgIpc) is 3.04. The minimum atomic E-state index is 0.993. The van der Waals surface area contributed by atoms with Gasteiger partial charge in [-0.2, -0.15) is 0 Å². The average molecular weight is 536 g/mol. The van der Waals surface area contributed by atoms with Crippen molar-refractivity contribution >= 4 is 64.0 Å². The second kappa shape index (κ2) is 13.5. The van der Waals surface area contributed by atoms with Crippen molar-refractivity contribution in [2.75, 3.05) is 0 Å². The molecule has 0 saturated carbocycles. The normalized spacial score (nSPS) is 13.4. The Labute approximate surface area is 254 Å². The summed E-state index contributed by atoms with van der Waals surface area (Å²) in [5.41, 5.74) is 11.4. The minimum Gasteiger partial charge on any atom is -0.131 e. The summed E-state index contributed by atoms with van der Waals surface area (Å²) in [7, 11) is 8.66. The quantitative estimate of drug-likeness (QED) is 0.118. The molecule has 0 N–H and O–H groups in total. The van der Waals surface area contributed by atoms with E-state index in [0.29, 0.717) is 0 Å². The molecule has 0 aliphatic carbocycles. The third-order valence-corrected chi connectivity index (χ3v) is 8.18. The summed E-state index contributed by atoms with van der Waals surface area (Å²) < 4.78 is 0. The van der Waals surface area contributed by atoms with Gasteiger partial charge < -0.3 is 0 Å². The molecule has 0 radical (unpaired) electrons. The highest BCUT2D eigenvalue weighted by Gasteiger charge is 2.19. The van der Waals surface area contributed by atoms with Crippen molar-refractivity contribution in [2.45, 2.75) is 13.3 Å². The van der Waals surface area contributed by atoms with Crippen LogP contribution in [-0.4, -0.2) is 31.4 Å². The number of hydrogen-bond acceptors (Lipinski definition) is 0. The molecule has 0 amide bonds. The third-order valence-electron chi connectivity index (χ3n) is 8.18. The molecule has 0 saturated heterocycles. The molecule has 42 heavy (non-hydrogen) atoms. The third kappa shape index (κ3) is 5.95. The predicted octanol–water partition coefficient (Wildman–Crippen LogP) is 6.66. The highest BCUT2D eigenvalue weighted by molar-refractivity contribution is 6.43. The maximum absolute atomic E-state index is 2.32. The molecular formula is C38H36B4. The van der Waals surface area contributed by atoms with E-state index in [4.69, 9.17) is 0 Å². The zero-order chi connectivity index (χ0) is 29.5. The second-order valence-corrected chi connectivity index (χ2v) is 10.8. The maximum Gasteiger partial charge on any atom is 0.140 e. The predicted molar refractivity (Wildman–Crippen MR) is 198 cm³/mol. The van der Waals surface area contributed by atoms with Gasteiger partial charge in [-0.15, -0.1) is 11.4 Å². The molecule has 200 valence electrons. The molecule has 5 rings (SSSR count). The van der Waals surface area contributed by atoms with Crippen LogP contribution in [0.2, 0.25) is 0 Å². The molecule has 5 aromatic rings. The molecule has 0 aromatic heterocycles. The molecule has 4 heteroatoms. The van der Waals surface area contributed by atoms with E-state index in [1.807, 2.05) is 0 Å². The van der Waals surface area contributed by atoms with E-state index in [2.05, 4.69) is 178 Å². The maximum atomic E-state index is 2.32. The Kier molecular flexibility index (Phi) is 9.34. The topological polar surface area (TPSA) is 0 Å². The molecule has 0 aliphatic rings. The molecule has 0 nitrogen and oxygen atoms in total. The fraction of sp³-hybridized carbons (Fsp3) is 0.0526. The van der Waals surface area contributed by atoms with Gasteiger partial charge >= 0.3 is 0 Å². The molecule has 0 unspecified atom stereocenters. The largest absolute Gasteiger partial charge is 0.140 e. The van der Waals surface area contributed by atoms with Gasteiger partial charge in [0.25, 0.3) is 0 Å². The lowest BCUT2D eigenvalue weighted by Crippen LogP contribution is -1.99. The van der Waals surface area contributed by atoms with Crippen molar-refractivity contribution in [1.29, 1.82) is 0 Å². The first-order valence-electron chi connectivity index (χ1n) is 15.0. The van der Waals surface area contributed by atoms with Crippen molar-refractivity contribution in [1.82, 2.24) is 0 Å². The summed E-state index contributed by atoms with van der Waals surface area (Å²) >= 11 is 0. The van der Waals surface area contributed by atoms with Crippen LogP contribution in [0.5, 0.6) is 0 Å². The lowest BCUT2D eigenvalue weighted by Gasteiger charge is -2.21. The summed E-state index contributed by atoms with van der Waals surface area (Å²) in [4.78, 5) is 0. The number of hydrogen-bond donors (Lipinski definition) is 0. The number of fused-ring (bicyclic) bond motifs is 2. The lowest BCUT2D eigenvalue weighted by atomic mass is 9.74. The smallest absolute Gasteiger partial charge is 0.131 e. The highest BCUT2D eigenvalue weighted by atomic mass is 14.2. The van der Waals surface area contributed by atoms with E-state index in [0.717, 1.165) is 6.42 Å². The first-order chi connectivity index (χ1) is 20.5. The van der Waals surface area contributed by atoms with Crippen LogP contribution in [0.4, 0.5) is 0 Å². The van der Waals surface area contributed by atoms with E-state index in [1.165, 1.54) is 71.4 Å². The van der Waals surface area contributed by atoms with Gasteiger partial charge in [0.2, 0.25) is 0 Å². The fourth-order valence-corrected chi connectivity index (χ4v) is 5.70. The summed E-state index contributed by atoms with van der Waals surface area (Å²) in [6, 6.07) is 37.5. The van der Waals surface area contributed by atoms with Crippen LogP contribution >= 0.6 is 0 Å². The van der Waals surface area contributed by atoms with E-state index >= 15 is 0 Å². The molecule has 0 atom stereocenters. The Bertz CT molecular complexity index is 1830. The van der Waals surface area contributed by atoms with Crippen molar-refractivity contribution in [3.05, 3.63) is 167 Å². The summed E-state index contributed by atoms with van der Waals surface area (Å²) in [6.45, 7) is 2.19. The van der Waals surface area contributed by atoms with Gasteiger partial charge in [-0.3, -0.25) is 0 Å². The Balaban J connectivity index is 1.85. The first-order valence-corrected chi connectivity index (χ1v) is 15.0. The first kappa shape index (κ1) is 29.1.